The molecule has 3 aliphatic rings. The Hall–Kier alpha value is -2.18. The van der Waals surface area contributed by atoms with Gasteiger partial charge < -0.3 is 14.7 Å². The Morgan fingerprint density at radius 1 is 1.39 bits per heavy atom. The summed E-state index contributed by atoms with van der Waals surface area (Å²) in [6.07, 6.45) is 3.17. The molecule has 0 aromatic carbocycles. The lowest BCUT2D eigenvalue weighted by Gasteiger charge is -2.35. The van der Waals surface area contributed by atoms with E-state index < -0.39 is 0 Å². The molecule has 0 N–H and O–H groups in total. The summed E-state index contributed by atoms with van der Waals surface area (Å²) in [5.41, 5.74) is 0. The molecule has 1 aromatic heterocycles. The number of anilines is 1. The third-order valence-electron chi connectivity index (χ3n) is 4.64. The normalized spacial score (nSPS) is 23.9. The monoisotopic (exact) mass is 320 g/mol. The standard InChI is InChI=1S/C16H21FN4O2/c1-19(2)14(22)10-21-12-6-5-11(16(21)23)8-20(9-12)15-13(17)4-3-7-18-15/h3-4,7,11-12H,5-6,8-10H2,1-2H3/t11-,12+/m1/s1. The van der Waals surface area contributed by atoms with Crippen molar-refractivity contribution >= 4 is 17.6 Å². The number of nitrogens with zero attached hydrogens (tertiary/aromatic N) is 4. The molecule has 4 heterocycles. The van der Waals surface area contributed by atoms with Crippen LogP contribution in [0, 0.1) is 11.7 Å². The number of pyridine rings is 1. The zero-order valence-corrected chi connectivity index (χ0v) is 13.4. The Bertz CT molecular complexity index is 622. The van der Waals surface area contributed by atoms with Crippen molar-refractivity contribution in [3.63, 3.8) is 0 Å². The lowest BCUT2D eigenvalue weighted by atomic mass is 9.94. The Balaban J connectivity index is 1.83. The van der Waals surface area contributed by atoms with E-state index in [2.05, 4.69) is 4.98 Å². The highest BCUT2D eigenvalue weighted by atomic mass is 19.1. The van der Waals surface area contributed by atoms with Gasteiger partial charge in [0.25, 0.3) is 0 Å². The second-order valence-electron chi connectivity index (χ2n) is 6.40. The highest BCUT2D eigenvalue weighted by Gasteiger charge is 2.42. The van der Waals surface area contributed by atoms with Crippen LogP contribution in [0.1, 0.15) is 12.8 Å². The number of rotatable bonds is 3. The molecule has 3 aliphatic heterocycles. The van der Waals surface area contributed by atoms with Gasteiger partial charge in [-0.1, -0.05) is 0 Å². The predicted molar refractivity (Wildman–Crippen MR) is 83.3 cm³/mol. The third-order valence-corrected chi connectivity index (χ3v) is 4.64. The molecule has 2 bridgehead atoms. The molecule has 3 fully saturated rings. The molecule has 4 rings (SSSR count). The van der Waals surface area contributed by atoms with Crippen LogP contribution in [-0.2, 0) is 9.59 Å². The molecule has 1 aromatic rings. The van der Waals surface area contributed by atoms with E-state index in [0.29, 0.717) is 13.1 Å². The van der Waals surface area contributed by atoms with Crippen molar-refractivity contribution in [3.05, 3.63) is 24.1 Å². The van der Waals surface area contributed by atoms with Gasteiger partial charge in [-0.2, -0.15) is 0 Å². The van der Waals surface area contributed by atoms with Crippen molar-refractivity contribution in [1.29, 1.82) is 0 Å². The molecule has 0 aliphatic carbocycles. The fourth-order valence-electron chi connectivity index (χ4n) is 3.32. The molecule has 0 spiro atoms. The fraction of sp³-hybridized carbons (Fsp3) is 0.562. The van der Waals surface area contributed by atoms with Gasteiger partial charge in [-0.3, -0.25) is 9.59 Å². The molecule has 124 valence electrons. The summed E-state index contributed by atoms with van der Waals surface area (Å²) in [5, 5.41) is 0. The Kier molecular flexibility index (Phi) is 4.19. The smallest absolute Gasteiger partial charge is 0.241 e. The molecule has 7 heteroatoms. The van der Waals surface area contributed by atoms with Crippen molar-refractivity contribution in [2.45, 2.75) is 18.9 Å². The number of hydrogen-bond donors (Lipinski definition) is 0. The van der Waals surface area contributed by atoms with E-state index in [1.807, 2.05) is 4.90 Å². The van der Waals surface area contributed by atoms with Crippen LogP contribution in [0.25, 0.3) is 0 Å². The van der Waals surface area contributed by atoms with Gasteiger partial charge >= 0.3 is 0 Å². The van der Waals surface area contributed by atoms with E-state index in [9.17, 15) is 14.0 Å². The van der Waals surface area contributed by atoms with E-state index >= 15 is 0 Å². The van der Waals surface area contributed by atoms with Crippen molar-refractivity contribution in [2.24, 2.45) is 5.92 Å². The first-order valence-electron chi connectivity index (χ1n) is 7.83. The van der Waals surface area contributed by atoms with Crippen LogP contribution in [0.3, 0.4) is 0 Å². The number of piperidine rings is 1. The number of halogens is 1. The zero-order chi connectivity index (χ0) is 16.6. The first-order valence-corrected chi connectivity index (χ1v) is 7.83. The topological polar surface area (TPSA) is 56.8 Å². The molecule has 2 atom stereocenters. The Labute approximate surface area is 134 Å². The van der Waals surface area contributed by atoms with Crippen LogP contribution < -0.4 is 4.90 Å². The first kappa shape index (κ1) is 15.7. The van der Waals surface area contributed by atoms with Crippen molar-refractivity contribution in [1.82, 2.24) is 14.8 Å². The van der Waals surface area contributed by atoms with Crippen LogP contribution in [0.4, 0.5) is 10.2 Å². The summed E-state index contributed by atoms with van der Waals surface area (Å²) in [4.78, 5) is 33.8. The van der Waals surface area contributed by atoms with Gasteiger partial charge in [-0.15, -0.1) is 0 Å². The van der Waals surface area contributed by atoms with Gasteiger partial charge in [0.15, 0.2) is 11.6 Å². The Morgan fingerprint density at radius 3 is 2.87 bits per heavy atom. The van der Waals surface area contributed by atoms with E-state index in [1.54, 1.807) is 31.3 Å². The van der Waals surface area contributed by atoms with E-state index in [1.165, 1.54) is 11.0 Å². The third kappa shape index (κ3) is 3.00. The maximum absolute atomic E-state index is 14.0. The summed E-state index contributed by atoms with van der Waals surface area (Å²) >= 11 is 0. The predicted octanol–water partition coefficient (Wildman–Crippen LogP) is 0.736. The molecule has 0 saturated carbocycles. The fourth-order valence-corrected chi connectivity index (χ4v) is 3.32. The highest BCUT2D eigenvalue weighted by Crippen LogP contribution is 2.31. The number of aromatic nitrogens is 1. The molecule has 0 unspecified atom stereocenters. The first-order chi connectivity index (χ1) is 11.0. The summed E-state index contributed by atoms with van der Waals surface area (Å²) in [7, 11) is 3.36. The molecule has 6 nitrogen and oxygen atoms in total. The number of hydrogen-bond acceptors (Lipinski definition) is 4. The minimum atomic E-state index is -0.378. The van der Waals surface area contributed by atoms with E-state index in [-0.39, 0.29) is 42.0 Å². The van der Waals surface area contributed by atoms with Crippen LogP contribution in [0.15, 0.2) is 18.3 Å². The minimum absolute atomic E-state index is 0.00436. The largest absolute Gasteiger partial charge is 0.351 e. The van der Waals surface area contributed by atoms with E-state index in [4.69, 9.17) is 0 Å². The second kappa shape index (κ2) is 6.14. The van der Waals surface area contributed by atoms with Crippen molar-refractivity contribution < 1.29 is 14.0 Å². The van der Waals surface area contributed by atoms with Gasteiger partial charge in [0.2, 0.25) is 11.8 Å². The SMILES string of the molecule is CN(C)C(=O)CN1C(=O)[C@@H]2CC[C@H]1CN(c1ncccc1F)C2. The van der Waals surface area contributed by atoms with Gasteiger partial charge in [0.05, 0.1) is 5.92 Å². The number of amides is 2. The average molecular weight is 320 g/mol. The minimum Gasteiger partial charge on any atom is -0.351 e. The Morgan fingerprint density at radius 2 is 2.17 bits per heavy atom. The van der Waals surface area contributed by atoms with Gasteiger partial charge in [-0.05, 0) is 25.0 Å². The number of likely N-dealkylation sites (N-methyl/N-ethyl adjacent to an activating group) is 1. The molecule has 3 saturated heterocycles. The summed E-state index contributed by atoms with van der Waals surface area (Å²) < 4.78 is 14.0. The van der Waals surface area contributed by atoms with Crippen molar-refractivity contribution in [3.8, 4) is 0 Å². The van der Waals surface area contributed by atoms with Gasteiger partial charge in [-0.25, -0.2) is 9.37 Å². The number of fused-ring (bicyclic) bond motifs is 4. The lowest BCUT2D eigenvalue weighted by molar-refractivity contribution is -0.145. The van der Waals surface area contributed by atoms with Crippen LogP contribution in [0.5, 0.6) is 0 Å². The summed E-state index contributed by atoms with van der Waals surface area (Å²) in [6.45, 7) is 1.05. The average Bonchev–Trinajstić information content (AvgIpc) is 2.80. The molecular formula is C16H21FN4O2. The molecule has 23 heavy (non-hydrogen) atoms. The van der Waals surface area contributed by atoms with E-state index in [0.717, 1.165) is 12.8 Å². The van der Waals surface area contributed by atoms with Crippen LogP contribution >= 0.6 is 0 Å². The van der Waals surface area contributed by atoms with Crippen LogP contribution in [0.2, 0.25) is 0 Å². The zero-order valence-electron chi connectivity index (χ0n) is 13.4. The molecule has 0 radical (unpaired) electrons. The summed E-state index contributed by atoms with van der Waals surface area (Å²) in [6, 6.07) is 2.86. The maximum Gasteiger partial charge on any atom is 0.241 e. The van der Waals surface area contributed by atoms with Crippen molar-refractivity contribution in [2.75, 3.05) is 38.6 Å². The van der Waals surface area contributed by atoms with Gasteiger partial charge in [0.1, 0.15) is 6.54 Å². The van der Waals surface area contributed by atoms with Gasteiger partial charge in [0, 0.05) is 39.4 Å². The molecular weight excluding hydrogens is 299 g/mol. The number of carbonyl (C=O) groups is 2. The maximum atomic E-state index is 14.0. The summed E-state index contributed by atoms with van der Waals surface area (Å²) in [5.74, 6) is -0.392. The van der Waals surface area contributed by atoms with Crippen LogP contribution in [-0.4, -0.2) is 66.4 Å². The highest BCUT2D eigenvalue weighted by molar-refractivity contribution is 5.87. The second-order valence-corrected chi connectivity index (χ2v) is 6.40. The number of carbonyl (C=O) groups excluding carboxylic acids is 2. The lowest BCUT2D eigenvalue weighted by Crippen LogP contribution is -2.51. The quantitative estimate of drug-likeness (QED) is 0.824. The molecule has 2 amide bonds.